The van der Waals surface area contributed by atoms with E-state index < -0.39 is 0 Å². The third-order valence-electron chi connectivity index (χ3n) is 7.38. The van der Waals surface area contributed by atoms with Crippen LogP contribution >= 0.6 is 0 Å². The van der Waals surface area contributed by atoms with Crippen molar-refractivity contribution in [2.75, 3.05) is 0 Å². The van der Waals surface area contributed by atoms with Crippen molar-refractivity contribution in [1.82, 2.24) is 0 Å². The van der Waals surface area contributed by atoms with Crippen LogP contribution in [0.1, 0.15) is 64.7 Å². The van der Waals surface area contributed by atoms with Crippen LogP contribution in [0.3, 0.4) is 0 Å². The summed E-state index contributed by atoms with van der Waals surface area (Å²) in [5, 5.41) is 0. The predicted octanol–water partition coefficient (Wildman–Crippen LogP) is 4.09. The van der Waals surface area contributed by atoms with E-state index in [1.54, 1.807) is 0 Å². The van der Waals surface area contributed by atoms with Crippen molar-refractivity contribution in [3.05, 3.63) is 11.6 Å². The van der Waals surface area contributed by atoms with Crippen LogP contribution in [0.25, 0.3) is 0 Å². The van der Waals surface area contributed by atoms with E-state index in [0.717, 1.165) is 56.8 Å². The Kier molecular flexibility index (Phi) is 3.13. The van der Waals surface area contributed by atoms with Crippen LogP contribution in [-0.2, 0) is 9.59 Å². The molecule has 0 bridgehead atoms. The van der Waals surface area contributed by atoms with Gasteiger partial charge in [-0.2, -0.15) is 0 Å². The molecule has 2 nitrogen and oxygen atoms in total. The minimum absolute atomic E-state index is 0.0346. The molecule has 0 aromatic rings. The van der Waals surface area contributed by atoms with Gasteiger partial charge in [0.25, 0.3) is 0 Å². The molecular weight excluding hydrogens is 260 g/mol. The summed E-state index contributed by atoms with van der Waals surface area (Å²) in [6, 6.07) is 0. The van der Waals surface area contributed by atoms with Crippen molar-refractivity contribution in [2.45, 2.75) is 64.7 Å². The largest absolute Gasteiger partial charge is 0.299 e. The van der Waals surface area contributed by atoms with E-state index in [9.17, 15) is 9.59 Å². The molecule has 5 atom stereocenters. The van der Waals surface area contributed by atoms with Crippen LogP contribution in [0.2, 0.25) is 0 Å². The maximum atomic E-state index is 12.5. The molecule has 4 aliphatic rings. The highest BCUT2D eigenvalue weighted by molar-refractivity contribution is 5.91. The third kappa shape index (κ3) is 1.83. The van der Waals surface area contributed by atoms with E-state index in [4.69, 9.17) is 0 Å². The van der Waals surface area contributed by atoms with E-state index in [1.807, 2.05) is 6.08 Å². The average Bonchev–Trinajstić information content (AvgIpc) is 2.84. The Morgan fingerprint density at radius 1 is 1.05 bits per heavy atom. The lowest BCUT2D eigenvalue weighted by atomic mass is 9.51. The van der Waals surface area contributed by atoms with Gasteiger partial charge in [-0.1, -0.05) is 12.5 Å². The van der Waals surface area contributed by atoms with Gasteiger partial charge in [-0.15, -0.1) is 0 Å². The lowest BCUT2D eigenvalue weighted by Gasteiger charge is -2.52. The number of hydrogen-bond donors (Lipinski definition) is 0. The molecular formula is C19H26O2. The molecule has 0 spiro atoms. The summed E-state index contributed by atoms with van der Waals surface area (Å²) in [4.78, 5) is 24.2. The molecule has 0 N–H and O–H groups in total. The monoisotopic (exact) mass is 286 g/mol. The molecule has 2 heteroatoms. The highest BCUT2D eigenvalue weighted by Crippen LogP contribution is 2.61. The van der Waals surface area contributed by atoms with Gasteiger partial charge in [0.15, 0.2) is 5.78 Å². The van der Waals surface area contributed by atoms with Gasteiger partial charge in [0.05, 0.1) is 0 Å². The molecule has 0 heterocycles. The summed E-state index contributed by atoms with van der Waals surface area (Å²) in [5.74, 6) is 3.72. The zero-order valence-electron chi connectivity index (χ0n) is 13.1. The quantitative estimate of drug-likeness (QED) is 0.727. The first-order chi connectivity index (χ1) is 10.2. The molecule has 3 fully saturated rings. The standard InChI is InChI=1S/C19H26O2/c1-2-19-10-9-15-14-6-4-13(20)11-12(14)3-5-16(15)17(19)7-8-18(19)21/h11,14-17H,2-10H2,1H3/t14-,15?,16?,17?,19-/m0/s1. The van der Waals surface area contributed by atoms with Crippen molar-refractivity contribution in [1.29, 1.82) is 0 Å². The van der Waals surface area contributed by atoms with E-state index in [2.05, 4.69) is 6.92 Å². The van der Waals surface area contributed by atoms with Crippen LogP contribution < -0.4 is 0 Å². The Labute approximate surface area is 127 Å². The second kappa shape index (κ2) is 4.79. The normalized spacial score (nSPS) is 45.7. The summed E-state index contributed by atoms with van der Waals surface area (Å²) in [6.45, 7) is 2.23. The number of carbonyl (C=O) groups is 2. The van der Waals surface area contributed by atoms with Crippen LogP contribution in [0, 0.1) is 29.1 Å². The maximum absolute atomic E-state index is 12.5. The Morgan fingerprint density at radius 3 is 2.71 bits per heavy atom. The van der Waals surface area contributed by atoms with Crippen molar-refractivity contribution in [3.63, 3.8) is 0 Å². The Morgan fingerprint density at radius 2 is 1.90 bits per heavy atom. The van der Waals surface area contributed by atoms with Gasteiger partial charge in [-0.05, 0) is 74.7 Å². The van der Waals surface area contributed by atoms with Crippen LogP contribution in [0.15, 0.2) is 11.6 Å². The molecule has 0 saturated heterocycles. The predicted molar refractivity (Wildman–Crippen MR) is 81.7 cm³/mol. The number of hydrogen-bond acceptors (Lipinski definition) is 2. The highest BCUT2D eigenvalue weighted by atomic mass is 16.1. The van der Waals surface area contributed by atoms with Crippen molar-refractivity contribution in [2.24, 2.45) is 29.1 Å². The van der Waals surface area contributed by atoms with Crippen LogP contribution in [-0.4, -0.2) is 11.6 Å². The first-order valence-electron chi connectivity index (χ1n) is 8.92. The number of allylic oxidation sites excluding steroid dienone is 1. The van der Waals surface area contributed by atoms with Crippen LogP contribution in [0.5, 0.6) is 0 Å². The number of fused-ring (bicyclic) bond motifs is 5. The lowest BCUT2D eigenvalue weighted by molar-refractivity contribution is -0.133. The molecule has 4 aliphatic carbocycles. The Hall–Kier alpha value is -0.920. The van der Waals surface area contributed by atoms with Gasteiger partial charge in [-0.3, -0.25) is 9.59 Å². The minimum Gasteiger partial charge on any atom is -0.299 e. The van der Waals surface area contributed by atoms with E-state index in [0.29, 0.717) is 23.4 Å². The van der Waals surface area contributed by atoms with E-state index >= 15 is 0 Å². The first kappa shape index (κ1) is 13.7. The van der Waals surface area contributed by atoms with Crippen molar-refractivity contribution < 1.29 is 9.59 Å². The second-order valence-corrected chi connectivity index (χ2v) is 7.81. The fraction of sp³-hybridized carbons (Fsp3) is 0.789. The van der Waals surface area contributed by atoms with E-state index in [-0.39, 0.29) is 5.41 Å². The number of ketones is 2. The highest BCUT2D eigenvalue weighted by Gasteiger charge is 2.57. The fourth-order valence-electron chi connectivity index (χ4n) is 6.40. The summed E-state index contributed by atoms with van der Waals surface area (Å²) in [7, 11) is 0. The molecule has 0 amide bonds. The lowest BCUT2D eigenvalue weighted by Crippen LogP contribution is -2.47. The summed E-state index contributed by atoms with van der Waals surface area (Å²) >= 11 is 0. The molecule has 114 valence electrons. The molecule has 3 saturated carbocycles. The summed E-state index contributed by atoms with van der Waals surface area (Å²) in [5.41, 5.74) is 1.48. The topological polar surface area (TPSA) is 34.1 Å². The van der Waals surface area contributed by atoms with Gasteiger partial charge in [0.2, 0.25) is 0 Å². The molecule has 0 aliphatic heterocycles. The molecule has 3 unspecified atom stereocenters. The van der Waals surface area contributed by atoms with Gasteiger partial charge >= 0.3 is 0 Å². The van der Waals surface area contributed by atoms with Crippen molar-refractivity contribution >= 4 is 11.6 Å². The smallest absolute Gasteiger partial charge is 0.155 e. The average molecular weight is 286 g/mol. The second-order valence-electron chi connectivity index (χ2n) is 7.81. The molecule has 0 aromatic heterocycles. The van der Waals surface area contributed by atoms with E-state index in [1.165, 1.54) is 18.4 Å². The molecule has 4 rings (SSSR count). The molecule has 21 heavy (non-hydrogen) atoms. The number of carbonyl (C=O) groups excluding carboxylic acids is 2. The Bertz CT molecular complexity index is 518. The third-order valence-corrected chi connectivity index (χ3v) is 7.38. The number of rotatable bonds is 1. The van der Waals surface area contributed by atoms with Gasteiger partial charge in [-0.25, -0.2) is 0 Å². The summed E-state index contributed by atoms with van der Waals surface area (Å²) in [6.07, 6.45) is 11.5. The van der Waals surface area contributed by atoms with Gasteiger partial charge in [0.1, 0.15) is 5.78 Å². The zero-order valence-corrected chi connectivity index (χ0v) is 13.1. The first-order valence-corrected chi connectivity index (χ1v) is 8.92. The van der Waals surface area contributed by atoms with Crippen molar-refractivity contribution in [3.8, 4) is 0 Å². The van der Waals surface area contributed by atoms with Gasteiger partial charge < -0.3 is 0 Å². The fourth-order valence-corrected chi connectivity index (χ4v) is 6.40. The SMILES string of the molecule is CC[C@]12CCC3C(CCC4=CC(=O)CC[C@@H]43)C1CCC2=O. The number of Topliss-reactive ketones (excluding diaryl/α,β-unsaturated/α-hetero) is 1. The minimum atomic E-state index is 0.0346. The Balaban J connectivity index is 1.65. The summed E-state index contributed by atoms with van der Waals surface area (Å²) < 4.78 is 0. The zero-order chi connectivity index (χ0) is 14.6. The van der Waals surface area contributed by atoms with Gasteiger partial charge in [0, 0.05) is 18.3 Å². The maximum Gasteiger partial charge on any atom is 0.155 e. The molecule has 0 aromatic carbocycles. The van der Waals surface area contributed by atoms with Crippen LogP contribution in [0.4, 0.5) is 0 Å². The molecule has 0 radical (unpaired) electrons.